The largest absolute Gasteiger partial charge is 0.461 e. The van der Waals surface area contributed by atoms with E-state index in [2.05, 4.69) is 13.0 Å². The Hall–Kier alpha value is -2.03. The summed E-state index contributed by atoms with van der Waals surface area (Å²) in [6.07, 6.45) is 0. The highest BCUT2D eigenvalue weighted by Crippen LogP contribution is 2.35. The Morgan fingerprint density at radius 2 is 1.43 bits per heavy atom. The molecule has 0 saturated heterocycles. The lowest BCUT2D eigenvalue weighted by Crippen LogP contribution is -2.12. The lowest BCUT2D eigenvalue weighted by molar-refractivity contribution is 0.536. The second kappa shape index (κ2) is 4.48. The summed E-state index contributed by atoms with van der Waals surface area (Å²) in [5.41, 5.74) is 5.04. The number of hydrogen-bond acceptors (Lipinski definition) is 3. The van der Waals surface area contributed by atoms with Gasteiger partial charge in [0.1, 0.15) is 16.9 Å². The highest BCUT2D eigenvalue weighted by Gasteiger charge is 2.19. The Morgan fingerprint density at radius 1 is 0.857 bits per heavy atom. The zero-order chi connectivity index (χ0) is 15.5. The fraction of sp³-hybridized carbons (Fsp3) is 0.389. The van der Waals surface area contributed by atoms with Gasteiger partial charge in [0.2, 0.25) is 0 Å². The van der Waals surface area contributed by atoms with Crippen molar-refractivity contribution in [3.05, 3.63) is 44.5 Å². The van der Waals surface area contributed by atoms with Gasteiger partial charge in [0, 0.05) is 21.9 Å². The lowest BCUT2D eigenvalue weighted by Gasteiger charge is -2.11. The Kier molecular flexibility index (Phi) is 2.97. The van der Waals surface area contributed by atoms with Crippen molar-refractivity contribution in [2.75, 3.05) is 0 Å². The van der Waals surface area contributed by atoms with E-state index in [0.717, 1.165) is 44.4 Å². The molecule has 3 nitrogen and oxygen atoms in total. The van der Waals surface area contributed by atoms with Crippen LogP contribution in [0, 0.1) is 27.7 Å². The fourth-order valence-corrected chi connectivity index (χ4v) is 3.14. The zero-order valence-corrected chi connectivity index (χ0v) is 13.4. The van der Waals surface area contributed by atoms with E-state index in [1.54, 1.807) is 0 Å². The first-order chi connectivity index (χ1) is 9.82. The van der Waals surface area contributed by atoms with Gasteiger partial charge in [-0.05, 0) is 50.8 Å². The van der Waals surface area contributed by atoms with Gasteiger partial charge in [0.15, 0.2) is 0 Å². The molecule has 0 N–H and O–H groups in total. The van der Waals surface area contributed by atoms with Gasteiger partial charge >= 0.3 is 5.63 Å². The second-order valence-corrected chi connectivity index (χ2v) is 6.12. The van der Waals surface area contributed by atoms with Crippen LogP contribution in [0.15, 0.2) is 19.7 Å². The molecule has 0 unspecified atom stereocenters. The fourth-order valence-electron chi connectivity index (χ4n) is 3.14. The third-order valence-corrected chi connectivity index (χ3v) is 4.45. The van der Waals surface area contributed by atoms with Gasteiger partial charge in [0.05, 0.1) is 0 Å². The molecule has 0 amide bonds. The van der Waals surface area contributed by atoms with Gasteiger partial charge in [-0.15, -0.1) is 0 Å². The Bertz CT molecular complexity index is 923. The topological polar surface area (TPSA) is 43.4 Å². The summed E-state index contributed by atoms with van der Waals surface area (Å²) in [7, 11) is 0. The maximum Gasteiger partial charge on any atom is 0.339 e. The normalized spacial score (nSPS) is 12.0. The van der Waals surface area contributed by atoms with Crippen molar-refractivity contribution < 1.29 is 8.83 Å². The third-order valence-electron chi connectivity index (χ3n) is 4.45. The van der Waals surface area contributed by atoms with Crippen molar-refractivity contribution in [3.63, 3.8) is 0 Å². The summed E-state index contributed by atoms with van der Waals surface area (Å²) in [5, 5.41) is 2.11. The molecule has 0 aliphatic rings. The average molecular weight is 284 g/mol. The molecule has 3 heteroatoms. The standard InChI is InChI=1S/C18H20O3/c1-8(2)15-10(4)14-7-13-9(3)12(6)20-16(13)11(5)17(14)21-18(15)19/h7-8H,1-6H3. The molecule has 3 rings (SSSR count). The zero-order valence-electron chi connectivity index (χ0n) is 13.4. The Morgan fingerprint density at radius 3 is 2.05 bits per heavy atom. The molecule has 0 atom stereocenters. The van der Waals surface area contributed by atoms with Gasteiger partial charge in [-0.3, -0.25) is 0 Å². The maximum absolute atomic E-state index is 12.3. The number of rotatable bonds is 1. The molecule has 0 fully saturated rings. The van der Waals surface area contributed by atoms with E-state index >= 15 is 0 Å². The molecule has 0 bridgehead atoms. The van der Waals surface area contributed by atoms with Crippen molar-refractivity contribution in [3.8, 4) is 0 Å². The Balaban J connectivity index is 2.58. The van der Waals surface area contributed by atoms with Crippen molar-refractivity contribution in [1.29, 1.82) is 0 Å². The number of aryl methyl sites for hydroxylation is 4. The smallest absolute Gasteiger partial charge is 0.339 e. The summed E-state index contributed by atoms with van der Waals surface area (Å²) >= 11 is 0. The van der Waals surface area contributed by atoms with Crippen LogP contribution < -0.4 is 5.63 Å². The predicted molar refractivity (Wildman–Crippen MR) is 85.3 cm³/mol. The monoisotopic (exact) mass is 284 g/mol. The van der Waals surface area contributed by atoms with Crippen molar-refractivity contribution in [2.24, 2.45) is 0 Å². The molecular weight excluding hydrogens is 264 g/mol. The maximum atomic E-state index is 12.3. The average Bonchev–Trinajstić information content (AvgIpc) is 2.68. The molecule has 0 saturated carbocycles. The summed E-state index contributed by atoms with van der Waals surface area (Å²) in [5.74, 6) is 1.06. The minimum atomic E-state index is -0.238. The van der Waals surface area contributed by atoms with E-state index in [1.807, 2.05) is 34.6 Å². The van der Waals surface area contributed by atoms with E-state index < -0.39 is 0 Å². The number of fused-ring (bicyclic) bond motifs is 2. The van der Waals surface area contributed by atoms with E-state index in [0.29, 0.717) is 5.58 Å². The van der Waals surface area contributed by atoms with Gasteiger partial charge in [-0.25, -0.2) is 4.79 Å². The third kappa shape index (κ3) is 1.84. The van der Waals surface area contributed by atoms with Crippen LogP contribution in [0.5, 0.6) is 0 Å². The quantitative estimate of drug-likeness (QED) is 0.597. The summed E-state index contributed by atoms with van der Waals surface area (Å²) in [4.78, 5) is 12.3. The summed E-state index contributed by atoms with van der Waals surface area (Å²) < 4.78 is 11.4. The first kappa shape index (κ1) is 13.9. The number of benzene rings is 1. The van der Waals surface area contributed by atoms with Crippen LogP contribution >= 0.6 is 0 Å². The highest BCUT2D eigenvalue weighted by molar-refractivity contribution is 6.00. The number of hydrogen-bond donors (Lipinski definition) is 0. The summed E-state index contributed by atoms with van der Waals surface area (Å²) in [6.45, 7) is 12.0. The SMILES string of the molecule is Cc1oc2c(C)c3oc(=O)c(C(C)C)c(C)c3cc2c1C. The van der Waals surface area contributed by atoms with Crippen LogP contribution in [-0.2, 0) is 0 Å². The number of furan rings is 1. The van der Waals surface area contributed by atoms with Gasteiger partial charge in [-0.1, -0.05) is 13.8 Å². The van der Waals surface area contributed by atoms with Crippen LogP contribution in [0.2, 0.25) is 0 Å². The highest BCUT2D eigenvalue weighted by atomic mass is 16.4. The van der Waals surface area contributed by atoms with E-state index in [9.17, 15) is 4.79 Å². The van der Waals surface area contributed by atoms with Gasteiger partial charge < -0.3 is 8.83 Å². The first-order valence-corrected chi connectivity index (χ1v) is 7.29. The second-order valence-electron chi connectivity index (χ2n) is 6.12. The molecule has 3 aromatic rings. The molecule has 0 aliphatic heterocycles. The van der Waals surface area contributed by atoms with Crippen LogP contribution in [0.1, 0.15) is 47.8 Å². The van der Waals surface area contributed by atoms with E-state index in [1.165, 1.54) is 0 Å². The molecule has 2 heterocycles. The van der Waals surface area contributed by atoms with Crippen LogP contribution in [0.4, 0.5) is 0 Å². The molecule has 0 radical (unpaired) electrons. The van der Waals surface area contributed by atoms with Crippen molar-refractivity contribution in [2.45, 2.75) is 47.5 Å². The van der Waals surface area contributed by atoms with Crippen LogP contribution in [-0.4, -0.2) is 0 Å². The van der Waals surface area contributed by atoms with Crippen molar-refractivity contribution in [1.82, 2.24) is 0 Å². The summed E-state index contributed by atoms with van der Waals surface area (Å²) in [6, 6.07) is 2.09. The minimum Gasteiger partial charge on any atom is -0.461 e. The predicted octanol–water partition coefficient (Wildman–Crippen LogP) is 4.90. The van der Waals surface area contributed by atoms with Crippen LogP contribution in [0.25, 0.3) is 21.9 Å². The van der Waals surface area contributed by atoms with E-state index in [-0.39, 0.29) is 11.5 Å². The van der Waals surface area contributed by atoms with Gasteiger partial charge in [-0.2, -0.15) is 0 Å². The molecule has 0 aliphatic carbocycles. The molecule has 21 heavy (non-hydrogen) atoms. The minimum absolute atomic E-state index is 0.147. The lowest BCUT2D eigenvalue weighted by atomic mass is 9.95. The van der Waals surface area contributed by atoms with Gasteiger partial charge in [0.25, 0.3) is 0 Å². The molecule has 110 valence electrons. The molecular formula is C18H20O3. The van der Waals surface area contributed by atoms with E-state index in [4.69, 9.17) is 8.83 Å². The molecule has 1 aromatic carbocycles. The van der Waals surface area contributed by atoms with Crippen molar-refractivity contribution >= 4 is 21.9 Å². The van der Waals surface area contributed by atoms with Crippen LogP contribution in [0.3, 0.4) is 0 Å². The first-order valence-electron chi connectivity index (χ1n) is 7.29. The Labute approximate surface area is 123 Å². The molecule has 0 spiro atoms. The molecule has 2 aromatic heterocycles.